The van der Waals surface area contributed by atoms with Crippen molar-refractivity contribution >= 4 is 90.2 Å². The largest absolute Gasteiger partial charge is 2.00 e. The fourth-order valence-corrected chi connectivity index (χ4v) is 20.4. The summed E-state index contributed by atoms with van der Waals surface area (Å²) in [4.78, 5) is 10.7. The summed E-state index contributed by atoms with van der Waals surface area (Å²) >= 11 is 0. The van der Waals surface area contributed by atoms with E-state index in [9.17, 15) is 34.5 Å². The number of nitriles is 1. The molecule has 0 unspecified atom stereocenters. The number of benzene rings is 8. The van der Waals surface area contributed by atoms with Gasteiger partial charge < -0.3 is 54.1 Å². The first-order valence-corrected chi connectivity index (χ1v) is 32.7. The average molecular weight is 1190 g/mol. The molecule has 8 aromatic rings. The van der Waals surface area contributed by atoms with Crippen molar-refractivity contribution in [1.82, 2.24) is 0 Å². The van der Waals surface area contributed by atoms with Crippen molar-refractivity contribution in [3.8, 4) is 6.07 Å². The summed E-state index contributed by atoms with van der Waals surface area (Å²) in [5, 5.41) is 13.4. The van der Waals surface area contributed by atoms with Crippen molar-refractivity contribution in [2.45, 2.75) is 6.92 Å². The molecule has 20 heteroatoms. The predicted molar refractivity (Wildman–Crippen MR) is 324 cm³/mol. The number of halogens is 8. The van der Waals surface area contributed by atoms with Gasteiger partial charge in [-0.25, -0.2) is 0 Å². The molecule has 0 bridgehead atoms. The van der Waals surface area contributed by atoms with E-state index in [1.807, 2.05) is 0 Å². The van der Waals surface area contributed by atoms with Crippen molar-refractivity contribution in [3.05, 3.63) is 243 Å². The Morgan fingerprint density at radius 3 is 0.538 bits per heavy atom. The Balaban J connectivity index is 0.000000233. The maximum atomic E-state index is 9.75. The van der Waals surface area contributed by atoms with Gasteiger partial charge in [-0.15, -0.1) is 0 Å². The zero-order valence-corrected chi connectivity index (χ0v) is 48.0. The maximum Gasteiger partial charge on any atom is 2.00 e. The zero-order valence-electron chi connectivity index (χ0n) is 43.0. The van der Waals surface area contributed by atoms with Crippen molar-refractivity contribution in [3.63, 3.8) is 0 Å². The van der Waals surface area contributed by atoms with E-state index in [1.165, 1.54) is 50.9 Å². The molecular formula is C58H63B2F8N5NiP4+4. The van der Waals surface area contributed by atoms with Crippen LogP contribution in [0, 0.1) is 11.3 Å². The van der Waals surface area contributed by atoms with Crippen molar-refractivity contribution in [1.29, 1.82) is 5.26 Å². The molecule has 8 aromatic carbocycles. The van der Waals surface area contributed by atoms with E-state index in [4.69, 9.17) is 5.26 Å². The molecule has 0 atom stereocenters. The Labute approximate surface area is 469 Å². The topological polar surface area (TPSA) is 36.8 Å². The molecule has 2 heterocycles. The molecule has 5 nitrogen and oxygen atoms in total. The van der Waals surface area contributed by atoms with Crippen LogP contribution in [0.4, 0.5) is 57.3 Å². The summed E-state index contributed by atoms with van der Waals surface area (Å²) in [7, 11) is -15.2. The Morgan fingerprint density at radius 2 is 0.410 bits per heavy atom. The number of para-hydroxylation sites is 4. The van der Waals surface area contributed by atoms with Gasteiger partial charge in [0.2, 0.25) is 0 Å². The van der Waals surface area contributed by atoms with E-state index < -0.39 is 46.2 Å². The monoisotopic (exact) mass is 1190 g/mol. The molecule has 0 spiro atoms. The first-order valence-electron chi connectivity index (χ1n) is 25.0. The zero-order chi connectivity index (χ0) is 54.9. The molecule has 2 aliphatic heterocycles. The molecule has 10 rings (SSSR count). The van der Waals surface area contributed by atoms with Crippen LogP contribution in [0.15, 0.2) is 243 Å². The normalized spacial score (nSPS) is 17.4. The van der Waals surface area contributed by atoms with Gasteiger partial charge in [0.25, 0.3) is 0 Å². The second-order valence-electron chi connectivity index (χ2n) is 17.9. The van der Waals surface area contributed by atoms with Gasteiger partial charge in [-0.2, -0.15) is 5.26 Å². The number of hydrogen-bond donors (Lipinski definition) is 0. The Morgan fingerprint density at radius 1 is 0.295 bits per heavy atom. The Hall–Kier alpha value is -5.77. The fraction of sp³-hybridized carbons (Fsp3) is 0.155. The van der Waals surface area contributed by atoms with Crippen LogP contribution >= 0.6 is 31.7 Å². The van der Waals surface area contributed by atoms with E-state index in [1.54, 1.807) is 6.07 Å². The maximum absolute atomic E-state index is 9.75. The van der Waals surface area contributed by atoms with Crippen LogP contribution in [-0.4, -0.2) is 64.8 Å². The van der Waals surface area contributed by atoms with E-state index in [0.717, 1.165) is 50.3 Å². The molecule has 78 heavy (non-hydrogen) atoms. The van der Waals surface area contributed by atoms with Crippen LogP contribution in [0.25, 0.3) is 0 Å². The standard InChI is InChI=1S/2C28H28N2P2.C2H3N.2BF4.Ni/c2*1-5-13-25(14-6-1)29-21-31(27-17-9-3-10-18-27)23-30(26-15-7-2-8-16-26)24-32(22-29)28-19-11-4-12-20-28;1-2-3;2*2-1(3,4)5;/h2*1-20H,21-24H2;1H3;;;/q;;;2*-1;+2/p+4. The molecule has 2 aliphatic rings. The quantitative estimate of drug-likeness (QED) is 0.0861. The minimum atomic E-state index is -6.00. The molecule has 2 saturated heterocycles. The summed E-state index contributed by atoms with van der Waals surface area (Å²) in [6, 6.07) is 90.7. The fourth-order valence-electron chi connectivity index (χ4n) is 8.98. The summed E-state index contributed by atoms with van der Waals surface area (Å²) in [6.45, 7) is 1.43. The average Bonchev–Trinajstić information content (AvgIpc) is 3.45. The van der Waals surface area contributed by atoms with Crippen LogP contribution in [0.3, 0.4) is 0 Å². The summed E-state index contributed by atoms with van der Waals surface area (Å²) in [6.07, 6.45) is 9.02. The van der Waals surface area contributed by atoms with Crippen LogP contribution in [0.1, 0.15) is 6.92 Å². The molecule has 0 radical (unpaired) electrons. The van der Waals surface area contributed by atoms with Gasteiger partial charge in [0.15, 0.2) is 0 Å². The molecule has 0 amide bonds. The van der Waals surface area contributed by atoms with E-state index >= 15 is 0 Å². The van der Waals surface area contributed by atoms with E-state index in [2.05, 4.69) is 262 Å². The third kappa shape index (κ3) is 22.5. The first-order chi connectivity index (χ1) is 37.1. The third-order valence-electron chi connectivity index (χ3n) is 12.3. The van der Waals surface area contributed by atoms with Gasteiger partial charge >= 0.3 is 31.0 Å². The Bertz CT molecular complexity index is 2320. The van der Waals surface area contributed by atoms with Crippen LogP contribution in [-0.2, 0) is 16.5 Å². The van der Waals surface area contributed by atoms with Gasteiger partial charge in [-0.3, -0.25) is 0 Å². The van der Waals surface area contributed by atoms with Gasteiger partial charge in [-0.1, -0.05) is 146 Å². The molecule has 408 valence electrons. The van der Waals surface area contributed by atoms with Gasteiger partial charge in [0, 0.05) is 29.7 Å². The van der Waals surface area contributed by atoms with Crippen molar-refractivity contribution < 1.29 is 51.0 Å². The van der Waals surface area contributed by atoms with Gasteiger partial charge in [0.05, 0.1) is 59.0 Å². The first kappa shape index (κ1) is 63.1. The van der Waals surface area contributed by atoms with Crippen LogP contribution < -0.4 is 40.8 Å². The molecule has 0 aromatic heterocycles. The minimum absolute atomic E-state index is 0. The summed E-state index contributed by atoms with van der Waals surface area (Å²) in [5.41, 5.74) is 5.44. The number of rotatable bonds is 8. The third-order valence-corrected chi connectivity index (χ3v) is 23.0. The second-order valence-corrected chi connectivity index (χ2v) is 27.5. The number of anilines is 4. The summed E-state index contributed by atoms with van der Waals surface area (Å²) < 4.78 is 78.0. The van der Waals surface area contributed by atoms with Gasteiger partial charge in [-0.05, 0) is 97.1 Å². The van der Waals surface area contributed by atoms with Crippen LogP contribution in [0.2, 0.25) is 0 Å². The smallest absolute Gasteiger partial charge is 0.418 e. The molecule has 0 saturated carbocycles. The molecule has 0 N–H and O–H groups in total. The molecular weight excluding hydrogens is 1120 g/mol. The van der Waals surface area contributed by atoms with Gasteiger partial charge in [0.1, 0.15) is 50.3 Å². The predicted octanol–water partition coefficient (Wildman–Crippen LogP) is 15.0. The SMILES string of the molecule is CC#N.F[B-](F)(F)F.F[B-](F)(F)F.[Ni+2].c1ccc(N2C[PH+](c3ccccc3)CN(c3ccccc3)C[PH+](c3ccccc3)C2)cc1.c1ccc(N2C[PH+](c3ccccc3)CN(c3ccccc3)C[PH+](c3ccccc3)C2)cc1. The van der Waals surface area contributed by atoms with E-state index in [-0.39, 0.29) is 16.5 Å². The Kier molecular flexibility index (Phi) is 26.7. The summed E-state index contributed by atoms with van der Waals surface area (Å²) in [5.74, 6) is 0. The number of hydrogen-bond acceptors (Lipinski definition) is 5. The van der Waals surface area contributed by atoms with Crippen LogP contribution in [0.5, 0.6) is 0 Å². The van der Waals surface area contributed by atoms with Crippen molar-refractivity contribution in [2.24, 2.45) is 0 Å². The van der Waals surface area contributed by atoms with Crippen molar-refractivity contribution in [2.75, 3.05) is 69.9 Å². The second kappa shape index (κ2) is 33.0. The van der Waals surface area contributed by atoms with E-state index in [0.29, 0.717) is 0 Å². The minimum Gasteiger partial charge on any atom is -0.418 e. The number of nitrogens with zero attached hydrogens (tertiary/aromatic N) is 5. The molecule has 0 aliphatic carbocycles. The molecule has 2 fully saturated rings.